The van der Waals surface area contributed by atoms with Gasteiger partial charge in [0.1, 0.15) is 0 Å². The van der Waals surface area contributed by atoms with E-state index in [1.807, 2.05) is 0 Å². The van der Waals surface area contributed by atoms with Gasteiger partial charge in [-0.15, -0.1) is 0 Å². The molecule has 0 aliphatic carbocycles. The van der Waals surface area contributed by atoms with Crippen molar-refractivity contribution in [2.45, 2.75) is 0 Å². The largest absolute Gasteiger partial charge is 0.380 e. The normalized spacial score (nSPS) is 15.7. The fraction of sp³-hybridized carbons (Fsp3) is 0.385. The van der Waals surface area contributed by atoms with E-state index >= 15 is 0 Å². The molecule has 3 nitrogen and oxygen atoms in total. The number of nitrogens with one attached hydrogen (secondary N) is 1. The highest BCUT2D eigenvalue weighted by molar-refractivity contribution is 9.11. The van der Waals surface area contributed by atoms with E-state index < -0.39 is 0 Å². The van der Waals surface area contributed by atoms with Crippen LogP contribution in [0.25, 0.3) is 0 Å². The van der Waals surface area contributed by atoms with Gasteiger partial charge in [0, 0.05) is 35.5 Å². The Hall–Kier alpha value is -1.00. The number of ether oxygens (including phenoxy) is 1. The van der Waals surface area contributed by atoms with Crippen LogP contribution in [0.3, 0.4) is 0 Å². The van der Waals surface area contributed by atoms with E-state index in [1.165, 1.54) is 5.69 Å². The fourth-order valence-corrected chi connectivity index (χ4v) is 1.95. The first kappa shape index (κ1) is 12.5. The third-order valence-electron chi connectivity index (χ3n) is 2.73. The van der Waals surface area contributed by atoms with Crippen LogP contribution in [0.15, 0.2) is 35.3 Å². The van der Waals surface area contributed by atoms with Crippen molar-refractivity contribution in [1.82, 2.24) is 0 Å². The van der Waals surface area contributed by atoms with Crippen molar-refractivity contribution in [2.24, 2.45) is 0 Å². The molecule has 1 aliphatic rings. The molecule has 0 unspecified atom stereocenters. The first-order chi connectivity index (χ1) is 8.25. The quantitative estimate of drug-likeness (QED) is 0.925. The highest BCUT2D eigenvalue weighted by Gasteiger charge is 2.10. The standard InChI is InChI=1S/C13H17BrN2O/c1-11(14)10-15-12-2-4-13(5-3-12)16-6-8-17-9-7-16/h2-5,15H,1,6-10H2. The van der Waals surface area contributed by atoms with Crippen molar-refractivity contribution in [3.05, 3.63) is 35.3 Å². The van der Waals surface area contributed by atoms with Crippen LogP contribution >= 0.6 is 15.9 Å². The molecule has 0 radical (unpaired) electrons. The van der Waals surface area contributed by atoms with Gasteiger partial charge in [0.15, 0.2) is 0 Å². The second kappa shape index (κ2) is 6.07. The summed E-state index contributed by atoms with van der Waals surface area (Å²) >= 11 is 3.33. The molecule has 0 spiro atoms. The van der Waals surface area contributed by atoms with Gasteiger partial charge in [0.05, 0.1) is 13.2 Å². The van der Waals surface area contributed by atoms with Gasteiger partial charge in [-0.05, 0) is 24.3 Å². The predicted octanol–water partition coefficient (Wildman–Crippen LogP) is 2.84. The Labute approximate surface area is 111 Å². The molecule has 0 bridgehead atoms. The van der Waals surface area contributed by atoms with Gasteiger partial charge in [0.2, 0.25) is 0 Å². The predicted molar refractivity (Wildman–Crippen MR) is 76.0 cm³/mol. The zero-order valence-corrected chi connectivity index (χ0v) is 11.4. The summed E-state index contributed by atoms with van der Waals surface area (Å²) in [6, 6.07) is 8.48. The Morgan fingerprint density at radius 3 is 2.53 bits per heavy atom. The maximum absolute atomic E-state index is 5.34. The maximum atomic E-state index is 5.34. The second-order valence-corrected chi connectivity index (χ2v) is 5.14. The molecule has 17 heavy (non-hydrogen) atoms. The fourth-order valence-electron chi connectivity index (χ4n) is 1.81. The molecule has 1 N–H and O–H groups in total. The topological polar surface area (TPSA) is 24.5 Å². The molecule has 0 amide bonds. The van der Waals surface area contributed by atoms with Crippen molar-refractivity contribution < 1.29 is 4.74 Å². The number of benzene rings is 1. The number of hydrogen-bond donors (Lipinski definition) is 1. The summed E-state index contributed by atoms with van der Waals surface area (Å²) in [5.74, 6) is 0. The minimum Gasteiger partial charge on any atom is -0.380 e. The molecule has 1 heterocycles. The van der Waals surface area contributed by atoms with Gasteiger partial charge in [0.25, 0.3) is 0 Å². The molecule has 0 atom stereocenters. The van der Waals surface area contributed by atoms with Crippen LogP contribution in [0.5, 0.6) is 0 Å². The maximum Gasteiger partial charge on any atom is 0.0642 e. The molecular weight excluding hydrogens is 280 g/mol. The smallest absolute Gasteiger partial charge is 0.0642 e. The summed E-state index contributed by atoms with van der Waals surface area (Å²) in [5.41, 5.74) is 2.37. The molecule has 1 aliphatic heterocycles. The van der Waals surface area contributed by atoms with E-state index in [-0.39, 0.29) is 0 Å². The molecule has 1 saturated heterocycles. The Kier molecular flexibility index (Phi) is 4.45. The monoisotopic (exact) mass is 296 g/mol. The minimum atomic E-state index is 0.747. The van der Waals surface area contributed by atoms with E-state index in [2.05, 4.69) is 57.0 Å². The molecule has 1 aromatic rings. The van der Waals surface area contributed by atoms with Crippen LogP contribution in [0, 0.1) is 0 Å². The Morgan fingerprint density at radius 2 is 1.94 bits per heavy atom. The first-order valence-electron chi connectivity index (χ1n) is 5.75. The average molecular weight is 297 g/mol. The minimum absolute atomic E-state index is 0.747. The molecule has 4 heteroatoms. The van der Waals surface area contributed by atoms with Crippen molar-refractivity contribution in [2.75, 3.05) is 43.1 Å². The lowest BCUT2D eigenvalue weighted by molar-refractivity contribution is 0.122. The number of anilines is 2. The van der Waals surface area contributed by atoms with Crippen LogP contribution in [0.2, 0.25) is 0 Å². The Morgan fingerprint density at radius 1 is 1.29 bits per heavy atom. The zero-order valence-electron chi connectivity index (χ0n) is 9.79. The van der Waals surface area contributed by atoms with Crippen molar-refractivity contribution >= 4 is 27.3 Å². The molecule has 0 aromatic heterocycles. The first-order valence-corrected chi connectivity index (χ1v) is 6.55. The van der Waals surface area contributed by atoms with Crippen LogP contribution in [-0.4, -0.2) is 32.8 Å². The number of morpholine rings is 1. The zero-order chi connectivity index (χ0) is 12.1. The molecule has 1 aromatic carbocycles. The second-order valence-electron chi connectivity index (χ2n) is 4.02. The van der Waals surface area contributed by atoms with E-state index in [0.717, 1.165) is 43.0 Å². The summed E-state index contributed by atoms with van der Waals surface area (Å²) in [4.78, 5) is 2.34. The van der Waals surface area contributed by atoms with E-state index in [1.54, 1.807) is 0 Å². The SMILES string of the molecule is C=C(Br)CNc1ccc(N2CCOCC2)cc1. The van der Waals surface area contributed by atoms with Crippen molar-refractivity contribution in [3.63, 3.8) is 0 Å². The highest BCUT2D eigenvalue weighted by Crippen LogP contribution is 2.19. The number of nitrogens with zero attached hydrogens (tertiary/aromatic N) is 1. The number of halogens is 1. The van der Waals surface area contributed by atoms with E-state index in [4.69, 9.17) is 4.74 Å². The third-order valence-corrected chi connectivity index (χ3v) is 3.01. The summed E-state index contributed by atoms with van der Waals surface area (Å²) in [6.45, 7) is 8.14. The van der Waals surface area contributed by atoms with E-state index in [0.29, 0.717) is 0 Å². The van der Waals surface area contributed by atoms with Crippen LogP contribution in [0.1, 0.15) is 0 Å². The van der Waals surface area contributed by atoms with Gasteiger partial charge in [-0.25, -0.2) is 0 Å². The lowest BCUT2D eigenvalue weighted by atomic mass is 10.2. The highest BCUT2D eigenvalue weighted by atomic mass is 79.9. The van der Waals surface area contributed by atoms with Gasteiger partial charge >= 0.3 is 0 Å². The van der Waals surface area contributed by atoms with E-state index in [9.17, 15) is 0 Å². The van der Waals surface area contributed by atoms with Gasteiger partial charge < -0.3 is 15.0 Å². The van der Waals surface area contributed by atoms with Crippen LogP contribution < -0.4 is 10.2 Å². The molecule has 0 saturated carbocycles. The number of hydrogen-bond acceptors (Lipinski definition) is 3. The summed E-state index contributed by atoms with van der Waals surface area (Å²) in [7, 11) is 0. The van der Waals surface area contributed by atoms with Crippen molar-refractivity contribution in [3.8, 4) is 0 Å². The van der Waals surface area contributed by atoms with Crippen molar-refractivity contribution in [1.29, 1.82) is 0 Å². The Bertz CT molecular complexity index is 372. The van der Waals surface area contributed by atoms with Crippen LogP contribution in [-0.2, 0) is 4.74 Å². The van der Waals surface area contributed by atoms with Gasteiger partial charge in [-0.2, -0.15) is 0 Å². The average Bonchev–Trinajstić information content (AvgIpc) is 2.38. The molecule has 2 rings (SSSR count). The summed E-state index contributed by atoms with van der Waals surface area (Å²) < 4.78 is 6.29. The molecule has 92 valence electrons. The summed E-state index contributed by atoms with van der Waals surface area (Å²) in [5, 5.41) is 3.28. The summed E-state index contributed by atoms with van der Waals surface area (Å²) in [6.07, 6.45) is 0. The lowest BCUT2D eigenvalue weighted by Gasteiger charge is -2.28. The van der Waals surface area contributed by atoms with Gasteiger partial charge in [-0.3, -0.25) is 0 Å². The lowest BCUT2D eigenvalue weighted by Crippen LogP contribution is -2.36. The third kappa shape index (κ3) is 3.75. The van der Waals surface area contributed by atoms with Gasteiger partial charge in [-0.1, -0.05) is 22.5 Å². The molecular formula is C13H17BrN2O. The van der Waals surface area contributed by atoms with Crippen LogP contribution in [0.4, 0.5) is 11.4 Å². The Balaban J connectivity index is 1.94. The molecule has 1 fully saturated rings. The number of rotatable bonds is 4.